The van der Waals surface area contributed by atoms with Gasteiger partial charge in [0.2, 0.25) is 0 Å². The summed E-state index contributed by atoms with van der Waals surface area (Å²) in [5.41, 5.74) is 3.82. The van der Waals surface area contributed by atoms with E-state index in [-0.39, 0.29) is 10.7 Å². The molecule has 0 bridgehead atoms. The monoisotopic (exact) mass is 410 g/mol. The van der Waals surface area contributed by atoms with E-state index in [1.54, 1.807) is 36.4 Å². The van der Waals surface area contributed by atoms with Crippen molar-refractivity contribution in [3.8, 4) is 34.1 Å². The second-order valence-corrected chi connectivity index (χ2v) is 8.98. The molecule has 4 aromatic rings. The van der Waals surface area contributed by atoms with E-state index in [1.165, 1.54) is 18.4 Å². The molecule has 1 N–H and O–H groups in total. The number of aromatic amines is 1. The van der Waals surface area contributed by atoms with Crippen LogP contribution in [0.3, 0.4) is 0 Å². The summed E-state index contributed by atoms with van der Waals surface area (Å²) in [6.07, 6.45) is 1.17. The molecule has 0 unspecified atom stereocenters. The Kier molecular flexibility index (Phi) is 4.62. The second kappa shape index (κ2) is 7.00. The Labute approximate surface area is 168 Å². The average Bonchev–Trinajstić information content (AvgIpc) is 3.26. The summed E-state index contributed by atoms with van der Waals surface area (Å²) in [7, 11) is -3.29. The number of hydrogen-bond acceptors (Lipinski definition) is 4. The SMILES string of the molecule is Cc1cc(-c2nc(-c3ccc(S(C)(=O)=O)cc3)c(-c3ccc(F)cc3)[nH]2)oc1C. The largest absolute Gasteiger partial charge is 0.458 e. The van der Waals surface area contributed by atoms with Crippen molar-refractivity contribution in [1.82, 2.24) is 9.97 Å². The highest BCUT2D eigenvalue weighted by atomic mass is 32.2. The topological polar surface area (TPSA) is 76.0 Å². The Balaban J connectivity index is 1.88. The predicted molar refractivity (Wildman–Crippen MR) is 110 cm³/mol. The molecule has 0 spiro atoms. The first-order valence-corrected chi connectivity index (χ1v) is 10.9. The molecule has 0 atom stereocenters. The van der Waals surface area contributed by atoms with Crippen molar-refractivity contribution in [1.29, 1.82) is 0 Å². The van der Waals surface area contributed by atoms with Crippen LogP contribution >= 0.6 is 0 Å². The van der Waals surface area contributed by atoms with Gasteiger partial charge in [0.1, 0.15) is 11.6 Å². The van der Waals surface area contributed by atoms with Crippen molar-refractivity contribution >= 4 is 9.84 Å². The number of nitrogens with one attached hydrogen (secondary N) is 1. The third-order valence-corrected chi connectivity index (χ3v) is 5.92. The fraction of sp³-hybridized carbons (Fsp3) is 0.136. The number of nitrogens with zero attached hydrogens (tertiary/aromatic N) is 1. The fourth-order valence-corrected chi connectivity index (χ4v) is 3.70. The van der Waals surface area contributed by atoms with Gasteiger partial charge in [-0.2, -0.15) is 0 Å². The third kappa shape index (κ3) is 3.73. The van der Waals surface area contributed by atoms with Gasteiger partial charge in [0.05, 0.1) is 16.3 Å². The van der Waals surface area contributed by atoms with Crippen molar-refractivity contribution in [2.75, 3.05) is 6.26 Å². The number of aromatic nitrogens is 2. The minimum absolute atomic E-state index is 0.234. The highest BCUT2D eigenvalue weighted by Gasteiger charge is 2.18. The van der Waals surface area contributed by atoms with Crippen molar-refractivity contribution in [2.45, 2.75) is 18.7 Å². The number of hydrogen-bond donors (Lipinski definition) is 1. The van der Waals surface area contributed by atoms with Crippen LogP contribution in [0.2, 0.25) is 0 Å². The molecule has 0 saturated carbocycles. The highest BCUT2D eigenvalue weighted by molar-refractivity contribution is 7.90. The summed E-state index contributed by atoms with van der Waals surface area (Å²) < 4.78 is 42.7. The second-order valence-electron chi connectivity index (χ2n) is 6.96. The van der Waals surface area contributed by atoms with Crippen LogP contribution in [0.5, 0.6) is 0 Å². The van der Waals surface area contributed by atoms with Crippen molar-refractivity contribution in [3.63, 3.8) is 0 Å². The molecule has 2 heterocycles. The highest BCUT2D eigenvalue weighted by Crippen LogP contribution is 2.34. The van der Waals surface area contributed by atoms with Crippen molar-refractivity contribution in [2.24, 2.45) is 0 Å². The summed E-state index contributed by atoms with van der Waals surface area (Å²) in [5, 5.41) is 0. The van der Waals surface area contributed by atoms with Crippen LogP contribution in [-0.2, 0) is 9.84 Å². The Hall–Kier alpha value is -3.19. The Bertz CT molecular complexity index is 1270. The molecule has 0 aliphatic heterocycles. The molecule has 5 nitrogen and oxygen atoms in total. The number of sulfone groups is 1. The minimum atomic E-state index is -3.29. The van der Waals surface area contributed by atoms with Crippen LogP contribution in [0.1, 0.15) is 11.3 Å². The molecule has 0 aliphatic rings. The molecule has 2 aromatic heterocycles. The average molecular weight is 410 g/mol. The van der Waals surface area contributed by atoms with Gasteiger partial charge >= 0.3 is 0 Å². The van der Waals surface area contributed by atoms with E-state index in [2.05, 4.69) is 4.98 Å². The number of aryl methyl sites for hydroxylation is 2. The van der Waals surface area contributed by atoms with Gasteiger partial charge in [0.25, 0.3) is 0 Å². The molecule has 4 rings (SSSR count). The zero-order chi connectivity index (χ0) is 20.8. The van der Waals surface area contributed by atoms with E-state index >= 15 is 0 Å². The van der Waals surface area contributed by atoms with Crippen molar-refractivity contribution in [3.05, 3.63) is 71.7 Å². The maximum Gasteiger partial charge on any atom is 0.175 e. The lowest BCUT2D eigenvalue weighted by atomic mass is 10.1. The lowest BCUT2D eigenvalue weighted by molar-refractivity contribution is 0.542. The summed E-state index contributed by atoms with van der Waals surface area (Å²) in [4.78, 5) is 8.21. The molecule has 29 heavy (non-hydrogen) atoms. The van der Waals surface area contributed by atoms with E-state index in [0.29, 0.717) is 23.0 Å². The molecule has 148 valence electrons. The van der Waals surface area contributed by atoms with Gasteiger partial charge < -0.3 is 9.40 Å². The van der Waals surface area contributed by atoms with Crippen LogP contribution in [-0.4, -0.2) is 24.6 Å². The predicted octanol–water partition coefficient (Wildman–Crippen LogP) is 5.16. The van der Waals surface area contributed by atoms with Gasteiger partial charge in [0.15, 0.2) is 21.4 Å². The van der Waals surface area contributed by atoms with Crippen molar-refractivity contribution < 1.29 is 17.2 Å². The number of benzene rings is 2. The zero-order valence-corrected chi connectivity index (χ0v) is 17.0. The van der Waals surface area contributed by atoms with Crippen LogP contribution < -0.4 is 0 Å². The van der Waals surface area contributed by atoms with E-state index in [9.17, 15) is 12.8 Å². The van der Waals surface area contributed by atoms with Gasteiger partial charge in [-0.05, 0) is 61.9 Å². The normalized spacial score (nSPS) is 11.7. The lowest BCUT2D eigenvalue weighted by Gasteiger charge is -2.04. The molecule has 0 amide bonds. The van der Waals surface area contributed by atoms with Crippen LogP contribution in [0, 0.1) is 19.7 Å². The van der Waals surface area contributed by atoms with Gasteiger partial charge in [-0.25, -0.2) is 17.8 Å². The van der Waals surface area contributed by atoms with Gasteiger partial charge in [-0.3, -0.25) is 0 Å². The summed E-state index contributed by atoms with van der Waals surface area (Å²) in [6.45, 7) is 3.84. The molecular weight excluding hydrogens is 391 g/mol. The smallest absolute Gasteiger partial charge is 0.175 e. The Morgan fingerprint density at radius 3 is 2.14 bits per heavy atom. The van der Waals surface area contributed by atoms with E-state index in [1.807, 2.05) is 19.9 Å². The number of halogens is 1. The van der Waals surface area contributed by atoms with E-state index in [0.717, 1.165) is 22.5 Å². The Morgan fingerprint density at radius 1 is 0.966 bits per heavy atom. The first kappa shape index (κ1) is 19.1. The summed E-state index contributed by atoms with van der Waals surface area (Å²) in [6, 6.07) is 14.5. The number of rotatable bonds is 4. The van der Waals surface area contributed by atoms with E-state index in [4.69, 9.17) is 9.40 Å². The van der Waals surface area contributed by atoms with Crippen LogP contribution in [0.15, 0.2) is 63.9 Å². The van der Waals surface area contributed by atoms with E-state index < -0.39 is 9.84 Å². The van der Waals surface area contributed by atoms with Gasteiger partial charge in [-0.15, -0.1) is 0 Å². The maximum absolute atomic E-state index is 13.4. The van der Waals surface area contributed by atoms with Gasteiger partial charge in [-0.1, -0.05) is 12.1 Å². The number of imidazole rings is 1. The van der Waals surface area contributed by atoms with Crippen LogP contribution in [0.4, 0.5) is 4.39 Å². The molecular formula is C22H19FN2O3S. The molecule has 0 aliphatic carbocycles. The summed E-state index contributed by atoms with van der Waals surface area (Å²) in [5.74, 6) is 1.62. The molecule has 2 aromatic carbocycles. The molecule has 0 fully saturated rings. The fourth-order valence-electron chi connectivity index (χ4n) is 3.07. The first-order chi connectivity index (χ1) is 13.7. The zero-order valence-electron chi connectivity index (χ0n) is 16.2. The molecule has 7 heteroatoms. The number of H-pyrrole nitrogens is 1. The first-order valence-electron chi connectivity index (χ1n) is 8.96. The van der Waals surface area contributed by atoms with Crippen LogP contribution in [0.25, 0.3) is 34.1 Å². The minimum Gasteiger partial charge on any atom is -0.458 e. The lowest BCUT2D eigenvalue weighted by Crippen LogP contribution is -1.96. The molecule has 0 saturated heterocycles. The summed E-state index contributed by atoms with van der Waals surface area (Å²) >= 11 is 0. The standard InChI is InChI=1S/C22H19FN2O3S/c1-13-12-19(28-14(13)2)22-24-20(15-4-8-17(23)9-5-15)21(25-22)16-6-10-18(11-7-16)29(3,26)27/h4-12H,1-3H3,(H,24,25). The number of furan rings is 1. The maximum atomic E-state index is 13.4. The Morgan fingerprint density at radius 2 is 1.59 bits per heavy atom. The van der Waals surface area contributed by atoms with Gasteiger partial charge in [0, 0.05) is 17.4 Å². The molecule has 0 radical (unpaired) electrons. The third-order valence-electron chi connectivity index (χ3n) is 4.79. The quantitative estimate of drug-likeness (QED) is 0.504.